The third kappa shape index (κ3) is 3.23. The Balaban J connectivity index is 2.22. The zero-order valence-corrected chi connectivity index (χ0v) is 11.5. The van der Waals surface area contributed by atoms with Crippen molar-refractivity contribution < 1.29 is 8.42 Å². The second-order valence-corrected chi connectivity index (χ2v) is 6.36. The van der Waals surface area contributed by atoms with Crippen LogP contribution in [0, 0.1) is 6.92 Å². The van der Waals surface area contributed by atoms with E-state index in [0.29, 0.717) is 16.4 Å². The van der Waals surface area contributed by atoms with Crippen LogP contribution < -0.4 is 11.1 Å². The highest BCUT2D eigenvalue weighted by Crippen LogP contribution is 2.19. The van der Waals surface area contributed by atoms with Crippen LogP contribution in [0.4, 0.5) is 17.2 Å². The van der Waals surface area contributed by atoms with Crippen molar-refractivity contribution in [3.8, 4) is 0 Å². The fraction of sp³-hybridized carbons (Fsp3) is 0.154. The molecule has 6 heteroatoms. The summed E-state index contributed by atoms with van der Waals surface area (Å²) < 4.78 is 22.7. The maximum Gasteiger partial charge on any atom is 0.175 e. The van der Waals surface area contributed by atoms with Crippen LogP contribution in [0.25, 0.3) is 0 Å². The smallest absolute Gasteiger partial charge is 0.175 e. The molecular formula is C13H15N3O2S. The van der Waals surface area contributed by atoms with Crippen LogP contribution in [-0.2, 0) is 9.84 Å². The first kappa shape index (κ1) is 13.4. The first-order valence-corrected chi connectivity index (χ1v) is 7.54. The minimum Gasteiger partial charge on any atom is -0.397 e. The summed E-state index contributed by atoms with van der Waals surface area (Å²) in [6.07, 6.45) is 2.77. The molecule has 0 aliphatic heterocycles. The number of anilines is 3. The molecule has 0 aliphatic carbocycles. The van der Waals surface area contributed by atoms with E-state index in [4.69, 9.17) is 5.73 Å². The summed E-state index contributed by atoms with van der Waals surface area (Å²) >= 11 is 0. The van der Waals surface area contributed by atoms with Gasteiger partial charge in [0.1, 0.15) is 5.82 Å². The second kappa shape index (κ2) is 4.89. The molecule has 0 saturated heterocycles. The number of nitrogen functional groups attached to an aromatic ring is 1. The first-order valence-electron chi connectivity index (χ1n) is 5.65. The first-order chi connectivity index (χ1) is 8.86. The number of sulfone groups is 1. The Labute approximate surface area is 112 Å². The Kier molecular flexibility index (Phi) is 3.44. The van der Waals surface area contributed by atoms with Crippen LogP contribution in [0.2, 0.25) is 0 Å². The zero-order valence-electron chi connectivity index (χ0n) is 10.7. The standard InChI is InChI=1S/C13H15N3O2S/c1-9-7-13(15-8-12(9)14)16-10-3-5-11(6-4-10)19(2,17)18/h3-8H,14H2,1-2H3,(H,15,16). The number of aryl methyl sites for hydroxylation is 1. The van der Waals surface area contributed by atoms with E-state index in [2.05, 4.69) is 10.3 Å². The Morgan fingerprint density at radius 3 is 2.37 bits per heavy atom. The number of nitrogens with zero attached hydrogens (tertiary/aromatic N) is 1. The highest BCUT2D eigenvalue weighted by Gasteiger charge is 2.06. The average molecular weight is 277 g/mol. The van der Waals surface area contributed by atoms with E-state index >= 15 is 0 Å². The van der Waals surface area contributed by atoms with E-state index in [1.165, 1.54) is 6.26 Å². The Bertz CT molecular complexity index is 694. The molecule has 1 aromatic carbocycles. The zero-order chi connectivity index (χ0) is 14.0. The summed E-state index contributed by atoms with van der Waals surface area (Å²) in [4.78, 5) is 4.44. The molecular weight excluding hydrogens is 262 g/mol. The molecule has 0 atom stereocenters. The minimum atomic E-state index is -3.16. The fourth-order valence-corrected chi connectivity index (χ4v) is 2.20. The van der Waals surface area contributed by atoms with E-state index in [0.717, 1.165) is 11.3 Å². The molecule has 0 unspecified atom stereocenters. The molecule has 100 valence electrons. The van der Waals surface area contributed by atoms with Crippen molar-refractivity contribution in [2.24, 2.45) is 0 Å². The van der Waals surface area contributed by atoms with Crippen LogP contribution in [0.1, 0.15) is 5.56 Å². The molecule has 0 saturated carbocycles. The maximum atomic E-state index is 11.3. The highest BCUT2D eigenvalue weighted by atomic mass is 32.2. The molecule has 0 bridgehead atoms. The quantitative estimate of drug-likeness (QED) is 0.897. The number of hydrogen-bond donors (Lipinski definition) is 2. The molecule has 0 aliphatic rings. The van der Waals surface area contributed by atoms with Gasteiger partial charge in [-0.1, -0.05) is 0 Å². The van der Waals surface area contributed by atoms with Gasteiger partial charge in [0.25, 0.3) is 0 Å². The number of benzene rings is 1. The van der Waals surface area contributed by atoms with Crippen molar-refractivity contribution >= 4 is 27.0 Å². The van der Waals surface area contributed by atoms with Gasteiger partial charge in [0.2, 0.25) is 0 Å². The van der Waals surface area contributed by atoms with E-state index in [-0.39, 0.29) is 0 Å². The van der Waals surface area contributed by atoms with E-state index in [1.807, 2.05) is 13.0 Å². The molecule has 0 spiro atoms. The van der Waals surface area contributed by atoms with Gasteiger partial charge in [-0.2, -0.15) is 0 Å². The summed E-state index contributed by atoms with van der Waals surface area (Å²) in [5, 5.41) is 3.09. The van der Waals surface area contributed by atoms with Gasteiger partial charge < -0.3 is 11.1 Å². The van der Waals surface area contributed by atoms with Crippen LogP contribution in [0.3, 0.4) is 0 Å². The van der Waals surface area contributed by atoms with Crippen LogP contribution in [0.15, 0.2) is 41.4 Å². The molecule has 0 fully saturated rings. The maximum absolute atomic E-state index is 11.3. The number of rotatable bonds is 3. The average Bonchev–Trinajstić information content (AvgIpc) is 2.33. The van der Waals surface area contributed by atoms with Crippen molar-refractivity contribution in [3.63, 3.8) is 0 Å². The Morgan fingerprint density at radius 1 is 1.21 bits per heavy atom. The Hall–Kier alpha value is -2.08. The third-order valence-electron chi connectivity index (χ3n) is 2.71. The summed E-state index contributed by atoms with van der Waals surface area (Å²) in [7, 11) is -3.16. The molecule has 1 heterocycles. The largest absolute Gasteiger partial charge is 0.397 e. The van der Waals surface area contributed by atoms with Gasteiger partial charge in [-0.05, 0) is 42.8 Å². The lowest BCUT2D eigenvalue weighted by Gasteiger charge is -2.08. The van der Waals surface area contributed by atoms with E-state index in [1.54, 1.807) is 30.5 Å². The molecule has 5 nitrogen and oxygen atoms in total. The molecule has 0 amide bonds. The van der Waals surface area contributed by atoms with E-state index < -0.39 is 9.84 Å². The van der Waals surface area contributed by atoms with Crippen molar-refractivity contribution in [2.75, 3.05) is 17.3 Å². The van der Waals surface area contributed by atoms with Crippen molar-refractivity contribution in [1.29, 1.82) is 0 Å². The summed E-state index contributed by atoms with van der Waals surface area (Å²) in [6.45, 7) is 1.90. The lowest BCUT2D eigenvalue weighted by Crippen LogP contribution is -1.99. The number of pyridine rings is 1. The number of nitrogens with two attached hydrogens (primary N) is 1. The highest BCUT2D eigenvalue weighted by molar-refractivity contribution is 7.90. The third-order valence-corrected chi connectivity index (χ3v) is 3.83. The summed E-state index contributed by atoms with van der Waals surface area (Å²) in [5.74, 6) is 0.666. The van der Waals surface area contributed by atoms with Gasteiger partial charge in [-0.3, -0.25) is 0 Å². The van der Waals surface area contributed by atoms with Crippen LogP contribution in [-0.4, -0.2) is 19.7 Å². The predicted octanol–water partition coefficient (Wildman–Crippen LogP) is 2.12. The summed E-state index contributed by atoms with van der Waals surface area (Å²) in [5.41, 5.74) is 8.03. The van der Waals surface area contributed by atoms with Crippen molar-refractivity contribution in [1.82, 2.24) is 4.98 Å². The number of aromatic nitrogens is 1. The van der Waals surface area contributed by atoms with Gasteiger partial charge in [-0.25, -0.2) is 13.4 Å². The molecule has 2 rings (SSSR count). The van der Waals surface area contributed by atoms with Gasteiger partial charge in [-0.15, -0.1) is 0 Å². The van der Waals surface area contributed by atoms with Gasteiger partial charge >= 0.3 is 0 Å². The van der Waals surface area contributed by atoms with Gasteiger partial charge in [0.05, 0.1) is 16.8 Å². The predicted molar refractivity (Wildman–Crippen MR) is 76.2 cm³/mol. The summed E-state index contributed by atoms with van der Waals surface area (Å²) in [6, 6.07) is 8.34. The molecule has 1 aromatic heterocycles. The number of hydrogen-bond acceptors (Lipinski definition) is 5. The number of nitrogens with one attached hydrogen (secondary N) is 1. The normalized spacial score (nSPS) is 11.3. The molecule has 3 N–H and O–H groups in total. The van der Waals surface area contributed by atoms with Crippen molar-refractivity contribution in [3.05, 3.63) is 42.1 Å². The van der Waals surface area contributed by atoms with E-state index in [9.17, 15) is 8.42 Å². The fourth-order valence-electron chi connectivity index (χ4n) is 1.57. The van der Waals surface area contributed by atoms with Crippen LogP contribution >= 0.6 is 0 Å². The molecule has 2 aromatic rings. The lowest BCUT2D eigenvalue weighted by molar-refractivity contribution is 0.602. The Morgan fingerprint density at radius 2 is 1.84 bits per heavy atom. The second-order valence-electron chi connectivity index (χ2n) is 4.35. The lowest BCUT2D eigenvalue weighted by atomic mass is 10.2. The van der Waals surface area contributed by atoms with Crippen molar-refractivity contribution in [2.45, 2.75) is 11.8 Å². The van der Waals surface area contributed by atoms with Gasteiger partial charge in [0, 0.05) is 11.9 Å². The monoisotopic (exact) mass is 277 g/mol. The minimum absolute atomic E-state index is 0.291. The topological polar surface area (TPSA) is 85.1 Å². The molecule has 0 radical (unpaired) electrons. The molecule has 19 heavy (non-hydrogen) atoms. The SMILES string of the molecule is Cc1cc(Nc2ccc(S(C)(=O)=O)cc2)ncc1N. The van der Waals surface area contributed by atoms with Gasteiger partial charge in [0.15, 0.2) is 9.84 Å². The van der Waals surface area contributed by atoms with Crippen LogP contribution in [0.5, 0.6) is 0 Å².